The van der Waals surface area contributed by atoms with Crippen molar-refractivity contribution in [2.75, 3.05) is 19.7 Å². The first-order valence-electron chi connectivity index (χ1n) is 5.86. The summed E-state index contributed by atoms with van der Waals surface area (Å²) < 4.78 is 5.73. The zero-order valence-electron chi connectivity index (χ0n) is 10.9. The van der Waals surface area contributed by atoms with Crippen molar-refractivity contribution in [1.29, 1.82) is 0 Å². The summed E-state index contributed by atoms with van der Waals surface area (Å²) in [6.07, 6.45) is 0. The summed E-state index contributed by atoms with van der Waals surface area (Å²) >= 11 is 3.14. The lowest BCUT2D eigenvalue weighted by Crippen LogP contribution is -2.42. The van der Waals surface area contributed by atoms with E-state index in [-0.39, 0.29) is 16.8 Å². The van der Waals surface area contributed by atoms with Crippen LogP contribution in [0.1, 0.15) is 13.8 Å². The number of nitro benzene ring substituents is 1. The molecule has 0 bridgehead atoms. The molecule has 0 heterocycles. The van der Waals surface area contributed by atoms with Gasteiger partial charge < -0.3 is 15.2 Å². The molecule has 1 atom stereocenters. The average Bonchev–Trinajstić information content (AvgIpc) is 2.35. The lowest BCUT2D eigenvalue weighted by Gasteiger charge is -2.23. The molecule has 1 unspecified atom stereocenters. The van der Waals surface area contributed by atoms with Gasteiger partial charge in [0.25, 0.3) is 5.69 Å². The molecule has 19 heavy (non-hydrogen) atoms. The molecule has 1 rings (SSSR count). The summed E-state index contributed by atoms with van der Waals surface area (Å²) in [5, 5.41) is 23.8. The number of benzene rings is 1. The number of hydrogen-bond acceptors (Lipinski definition) is 5. The second kappa shape index (κ2) is 6.83. The molecular weight excluding hydrogens is 316 g/mol. The summed E-state index contributed by atoms with van der Waals surface area (Å²) in [4.78, 5) is 10.3. The third-order valence-electron chi connectivity index (χ3n) is 2.43. The molecule has 0 aliphatic carbocycles. The Labute approximate surface area is 120 Å². The van der Waals surface area contributed by atoms with Gasteiger partial charge in [-0.15, -0.1) is 0 Å². The van der Waals surface area contributed by atoms with Gasteiger partial charge in [0, 0.05) is 12.6 Å². The number of nitrogens with one attached hydrogen (secondary N) is 1. The first kappa shape index (κ1) is 15.9. The first-order chi connectivity index (χ1) is 8.87. The van der Waals surface area contributed by atoms with Crippen LogP contribution >= 0.6 is 15.9 Å². The Kier molecular flexibility index (Phi) is 5.71. The average molecular weight is 333 g/mol. The van der Waals surface area contributed by atoms with Gasteiger partial charge in [-0.25, -0.2) is 0 Å². The Bertz CT molecular complexity index is 451. The van der Waals surface area contributed by atoms with E-state index in [1.54, 1.807) is 13.0 Å². The summed E-state index contributed by atoms with van der Waals surface area (Å²) in [5.74, 6) is 0.339. The molecule has 0 radical (unpaired) electrons. The van der Waals surface area contributed by atoms with E-state index < -0.39 is 10.5 Å². The van der Waals surface area contributed by atoms with Crippen LogP contribution in [0.4, 0.5) is 5.69 Å². The molecule has 0 aliphatic heterocycles. The second-order valence-electron chi connectivity index (χ2n) is 4.41. The van der Waals surface area contributed by atoms with Gasteiger partial charge in [0.2, 0.25) is 0 Å². The standard InChI is InChI=1S/C12H17BrN2O4/c1-3-14-7-12(2,16)8-19-10-6-4-5-9(11(10)13)15(17)18/h4-6,14,16H,3,7-8H2,1-2H3. The van der Waals surface area contributed by atoms with Crippen molar-refractivity contribution in [2.24, 2.45) is 0 Å². The van der Waals surface area contributed by atoms with E-state index >= 15 is 0 Å². The number of hydrogen-bond donors (Lipinski definition) is 2. The van der Waals surface area contributed by atoms with Crippen LogP contribution in [0.5, 0.6) is 5.75 Å². The van der Waals surface area contributed by atoms with Crippen molar-refractivity contribution in [3.63, 3.8) is 0 Å². The molecule has 0 amide bonds. The van der Waals surface area contributed by atoms with Crippen LogP contribution in [0.3, 0.4) is 0 Å². The van der Waals surface area contributed by atoms with E-state index in [1.807, 2.05) is 6.92 Å². The number of nitro groups is 1. The molecule has 0 aliphatic rings. The molecule has 0 fully saturated rings. The molecule has 0 aromatic heterocycles. The topological polar surface area (TPSA) is 84.6 Å². The lowest BCUT2D eigenvalue weighted by atomic mass is 10.1. The van der Waals surface area contributed by atoms with Gasteiger partial charge in [0.05, 0.1) is 4.92 Å². The summed E-state index contributed by atoms with van der Waals surface area (Å²) in [6, 6.07) is 4.53. The van der Waals surface area contributed by atoms with Gasteiger partial charge in [-0.05, 0) is 35.5 Å². The van der Waals surface area contributed by atoms with Crippen molar-refractivity contribution in [2.45, 2.75) is 19.4 Å². The fraction of sp³-hybridized carbons (Fsp3) is 0.500. The summed E-state index contributed by atoms with van der Waals surface area (Å²) in [6.45, 7) is 4.75. The molecule has 106 valence electrons. The molecule has 6 nitrogen and oxygen atoms in total. The summed E-state index contributed by atoms with van der Waals surface area (Å²) in [7, 11) is 0. The predicted octanol–water partition coefficient (Wildman–Crippen LogP) is 2.10. The predicted molar refractivity (Wildman–Crippen MR) is 75.5 cm³/mol. The van der Waals surface area contributed by atoms with Gasteiger partial charge in [-0.3, -0.25) is 10.1 Å². The number of ether oxygens (including phenoxy) is 1. The Morgan fingerprint density at radius 2 is 2.26 bits per heavy atom. The van der Waals surface area contributed by atoms with Crippen molar-refractivity contribution < 1.29 is 14.8 Å². The number of rotatable bonds is 7. The Morgan fingerprint density at radius 3 is 2.84 bits per heavy atom. The maximum absolute atomic E-state index is 10.8. The molecular formula is C12H17BrN2O4. The molecule has 2 N–H and O–H groups in total. The number of halogens is 1. The van der Waals surface area contributed by atoms with Gasteiger partial charge in [0.1, 0.15) is 22.4 Å². The normalized spacial score (nSPS) is 13.9. The van der Waals surface area contributed by atoms with Gasteiger partial charge in [0.15, 0.2) is 0 Å². The highest BCUT2D eigenvalue weighted by Gasteiger charge is 2.23. The molecule has 1 aromatic carbocycles. The van der Waals surface area contributed by atoms with E-state index in [4.69, 9.17) is 4.74 Å². The Morgan fingerprint density at radius 1 is 1.58 bits per heavy atom. The number of aliphatic hydroxyl groups is 1. The zero-order chi connectivity index (χ0) is 14.5. The second-order valence-corrected chi connectivity index (χ2v) is 5.21. The SMILES string of the molecule is CCNCC(C)(O)COc1cccc([N+](=O)[O-])c1Br. The van der Waals surface area contributed by atoms with Crippen LogP contribution in [0.25, 0.3) is 0 Å². The van der Waals surface area contributed by atoms with E-state index in [9.17, 15) is 15.2 Å². The van der Waals surface area contributed by atoms with Crippen LogP contribution in [0.15, 0.2) is 22.7 Å². The van der Waals surface area contributed by atoms with E-state index in [0.717, 1.165) is 6.54 Å². The fourth-order valence-corrected chi connectivity index (χ4v) is 1.95. The Hall–Kier alpha value is -1.18. The molecule has 7 heteroatoms. The monoisotopic (exact) mass is 332 g/mol. The highest BCUT2D eigenvalue weighted by Crippen LogP contribution is 2.34. The van der Waals surface area contributed by atoms with Crippen LogP contribution < -0.4 is 10.1 Å². The zero-order valence-corrected chi connectivity index (χ0v) is 12.4. The number of likely N-dealkylation sites (N-methyl/N-ethyl adjacent to an activating group) is 1. The molecule has 0 spiro atoms. The number of nitrogens with zero attached hydrogens (tertiary/aromatic N) is 1. The maximum atomic E-state index is 10.8. The quantitative estimate of drug-likeness (QED) is 0.590. The third-order valence-corrected chi connectivity index (χ3v) is 3.23. The van der Waals surface area contributed by atoms with Crippen LogP contribution in [0.2, 0.25) is 0 Å². The highest BCUT2D eigenvalue weighted by atomic mass is 79.9. The fourth-order valence-electron chi connectivity index (χ4n) is 1.43. The van der Waals surface area contributed by atoms with Gasteiger partial charge in [-0.1, -0.05) is 13.0 Å². The minimum atomic E-state index is -1.04. The smallest absolute Gasteiger partial charge is 0.287 e. The third kappa shape index (κ3) is 4.77. The van der Waals surface area contributed by atoms with E-state index in [0.29, 0.717) is 12.3 Å². The molecule has 0 saturated heterocycles. The van der Waals surface area contributed by atoms with Gasteiger partial charge in [-0.2, -0.15) is 0 Å². The van der Waals surface area contributed by atoms with Gasteiger partial charge >= 0.3 is 0 Å². The van der Waals surface area contributed by atoms with E-state index in [2.05, 4.69) is 21.2 Å². The summed E-state index contributed by atoms with van der Waals surface area (Å²) in [5.41, 5.74) is -1.11. The van der Waals surface area contributed by atoms with Crippen LogP contribution in [-0.4, -0.2) is 35.3 Å². The Balaban J connectivity index is 2.73. The van der Waals surface area contributed by atoms with Crippen molar-refractivity contribution >= 4 is 21.6 Å². The largest absolute Gasteiger partial charge is 0.489 e. The van der Waals surface area contributed by atoms with Crippen molar-refractivity contribution in [1.82, 2.24) is 5.32 Å². The molecule has 1 aromatic rings. The van der Waals surface area contributed by atoms with Crippen molar-refractivity contribution in [3.8, 4) is 5.75 Å². The van der Waals surface area contributed by atoms with Crippen molar-refractivity contribution in [3.05, 3.63) is 32.8 Å². The maximum Gasteiger partial charge on any atom is 0.287 e. The molecule has 0 saturated carbocycles. The van der Waals surface area contributed by atoms with E-state index in [1.165, 1.54) is 12.1 Å². The minimum Gasteiger partial charge on any atom is -0.489 e. The van der Waals surface area contributed by atoms with Crippen LogP contribution in [0, 0.1) is 10.1 Å². The minimum absolute atomic E-state index is 0.0414. The van der Waals surface area contributed by atoms with Crippen LogP contribution in [-0.2, 0) is 0 Å². The lowest BCUT2D eigenvalue weighted by molar-refractivity contribution is -0.385. The first-order valence-corrected chi connectivity index (χ1v) is 6.65. The highest BCUT2D eigenvalue weighted by molar-refractivity contribution is 9.10.